The molecule has 1 saturated carbocycles. The van der Waals surface area contributed by atoms with Crippen LogP contribution in [0.25, 0.3) is 0 Å². The molecule has 31 heavy (non-hydrogen) atoms. The van der Waals surface area contributed by atoms with Crippen molar-refractivity contribution in [1.82, 2.24) is 10.0 Å². The fourth-order valence-electron chi connectivity index (χ4n) is 4.04. The first kappa shape index (κ1) is 23.1. The third kappa shape index (κ3) is 5.77. The highest BCUT2D eigenvalue weighted by Gasteiger charge is 2.35. The summed E-state index contributed by atoms with van der Waals surface area (Å²) < 4.78 is 40.6. The molecule has 0 atom stereocenters. The minimum atomic E-state index is -3.82. The Labute approximate surface area is 182 Å². The number of carbonyl (C=O) groups is 2. The Bertz CT molecular complexity index is 1050. The van der Waals surface area contributed by atoms with Crippen molar-refractivity contribution in [3.8, 4) is 0 Å². The van der Waals surface area contributed by atoms with Gasteiger partial charge in [-0.05, 0) is 49.6 Å². The molecule has 0 aliphatic heterocycles. The fourth-order valence-corrected chi connectivity index (χ4v) is 5.12. The van der Waals surface area contributed by atoms with E-state index >= 15 is 0 Å². The van der Waals surface area contributed by atoms with Gasteiger partial charge in [0.15, 0.2) is 5.78 Å². The molecule has 8 heteroatoms. The molecular formula is C23H27FN2O4S. The molecule has 2 aromatic carbocycles. The topological polar surface area (TPSA) is 92.3 Å². The number of Topliss-reactive ketones (excluding diaryl/α,β-unsaturated/α-hetero) is 1. The number of nitrogens with one attached hydrogen (secondary N) is 2. The van der Waals surface area contributed by atoms with Gasteiger partial charge in [0.1, 0.15) is 5.82 Å². The first-order valence-electron chi connectivity index (χ1n) is 10.4. The van der Waals surface area contributed by atoms with Crippen LogP contribution in [0.2, 0.25) is 0 Å². The Hall–Kier alpha value is -2.58. The van der Waals surface area contributed by atoms with Crippen LogP contribution < -0.4 is 10.0 Å². The van der Waals surface area contributed by atoms with Gasteiger partial charge in [-0.2, -0.15) is 0 Å². The van der Waals surface area contributed by atoms with Crippen LogP contribution in [0.3, 0.4) is 0 Å². The molecule has 0 saturated heterocycles. The third-order valence-corrected chi connectivity index (χ3v) is 7.29. The lowest BCUT2D eigenvalue weighted by molar-refractivity contribution is -0.121. The van der Waals surface area contributed by atoms with E-state index in [0.717, 1.165) is 31.2 Å². The van der Waals surface area contributed by atoms with Gasteiger partial charge >= 0.3 is 0 Å². The number of halogens is 1. The SMILES string of the molecule is CC(=O)c1cccc(S(=O)(=O)NCCC(=O)NCC2(c3ccc(F)cc3)CCCC2)c1. The Morgan fingerprint density at radius 3 is 2.39 bits per heavy atom. The standard InChI is InChI=1S/C23H27FN2O4S/c1-17(27)18-5-4-6-21(15-18)31(29,30)26-14-11-22(28)25-16-23(12-2-3-13-23)19-7-9-20(24)10-8-19/h4-10,15,26H,2-3,11-14,16H2,1H3,(H,25,28). The zero-order chi connectivity index (χ0) is 22.5. The molecule has 166 valence electrons. The van der Waals surface area contributed by atoms with Crippen molar-refractivity contribution in [2.45, 2.75) is 49.3 Å². The largest absolute Gasteiger partial charge is 0.355 e. The Morgan fingerprint density at radius 2 is 1.74 bits per heavy atom. The highest BCUT2D eigenvalue weighted by atomic mass is 32.2. The summed E-state index contributed by atoms with van der Waals surface area (Å²) in [6, 6.07) is 12.2. The number of carbonyl (C=O) groups excluding carboxylic acids is 2. The molecule has 0 radical (unpaired) electrons. The van der Waals surface area contributed by atoms with Gasteiger partial charge in [-0.25, -0.2) is 17.5 Å². The Morgan fingerprint density at radius 1 is 1.06 bits per heavy atom. The summed E-state index contributed by atoms with van der Waals surface area (Å²) in [6.45, 7) is 1.75. The van der Waals surface area contributed by atoms with E-state index in [1.165, 1.54) is 37.3 Å². The van der Waals surface area contributed by atoms with Crippen molar-refractivity contribution in [3.05, 3.63) is 65.5 Å². The predicted molar refractivity (Wildman–Crippen MR) is 116 cm³/mol. The first-order valence-corrected chi connectivity index (χ1v) is 11.8. The lowest BCUT2D eigenvalue weighted by Gasteiger charge is -2.30. The summed E-state index contributed by atoms with van der Waals surface area (Å²) in [5, 5.41) is 2.92. The summed E-state index contributed by atoms with van der Waals surface area (Å²) >= 11 is 0. The molecule has 0 aromatic heterocycles. The van der Waals surface area contributed by atoms with Crippen molar-refractivity contribution in [2.75, 3.05) is 13.1 Å². The van der Waals surface area contributed by atoms with E-state index in [9.17, 15) is 22.4 Å². The molecular weight excluding hydrogens is 419 g/mol. The number of amides is 1. The first-order chi connectivity index (χ1) is 14.7. The van der Waals surface area contributed by atoms with E-state index < -0.39 is 10.0 Å². The maximum atomic E-state index is 13.3. The van der Waals surface area contributed by atoms with E-state index in [2.05, 4.69) is 10.0 Å². The summed E-state index contributed by atoms with van der Waals surface area (Å²) in [4.78, 5) is 23.8. The molecule has 1 fully saturated rings. The number of rotatable bonds is 9. The third-order valence-electron chi connectivity index (χ3n) is 5.84. The van der Waals surface area contributed by atoms with Crippen LogP contribution in [0.5, 0.6) is 0 Å². The van der Waals surface area contributed by atoms with Gasteiger partial charge in [-0.3, -0.25) is 9.59 Å². The number of ketones is 1. The van der Waals surface area contributed by atoms with E-state index in [-0.39, 0.29) is 40.8 Å². The Balaban J connectivity index is 1.54. The van der Waals surface area contributed by atoms with Gasteiger partial charge in [0.2, 0.25) is 15.9 Å². The number of sulfonamides is 1. The minimum Gasteiger partial charge on any atom is -0.355 e. The number of hydrogen-bond donors (Lipinski definition) is 2. The highest BCUT2D eigenvalue weighted by Crippen LogP contribution is 2.40. The molecule has 3 rings (SSSR count). The molecule has 1 amide bonds. The quantitative estimate of drug-likeness (QED) is 0.578. The Kier molecular flexibility index (Phi) is 7.23. The molecule has 6 nitrogen and oxygen atoms in total. The smallest absolute Gasteiger partial charge is 0.240 e. The maximum Gasteiger partial charge on any atom is 0.240 e. The molecule has 1 aliphatic rings. The second kappa shape index (κ2) is 9.70. The van der Waals surface area contributed by atoms with Crippen molar-refractivity contribution < 1.29 is 22.4 Å². The second-order valence-corrected chi connectivity index (χ2v) is 9.77. The van der Waals surface area contributed by atoms with E-state index in [1.807, 2.05) is 0 Å². The summed E-state index contributed by atoms with van der Waals surface area (Å²) in [5.74, 6) is -0.769. The molecule has 1 aliphatic carbocycles. The van der Waals surface area contributed by atoms with Gasteiger partial charge in [0, 0.05) is 30.5 Å². The minimum absolute atomic E-state index is 0.00880. The molecule has 0 spiro atoms. The number of hydrogen-bond acceptors (Lipinski definition) is 4. The summed E-state index contributed by atoms with van der Waals surface area (Å²) in [5.41, 5.74) is 1.11. The van der Waals surface area contributed by atoms with E-state index in [1.54, 1.807) is 18.2 Å². The zero-order valence-electron chi connectivity index (χ0n) is 17.5. The maximum absolute atomic E-state index is 13.3. The predicted octanol–water partition coefficient (Wildman–Crippen LogP) is 3.32. The van der Waals surface area contributed by atoms with Gasteiger partial charge in [0.25, 0.3) is 0 Å². The average molecular weight is 447 g/mol. The lowest BCUT2D eigenvalue weighted by Crippen LogP contribution is -2.40. The zero-order valence-corrected chi connectivity index (χ0v) is 18.3. The average Bonchev–Trinajstić information content (AvgIpc) is 3.23. The lowest BCUT2D eigenvalue weighted by atomic mass is 9.79. The fraction of sp³-hybridized carbons (Fsp3) is 0.391. The van der Waals surface area contributed by atoms with Crippen molar-refractivity contribution >= 4 is 21.7 Å². The molecule has 0 heterocycles. The van der Waals surface area contributed by atoms with Crippen LogP contribution in [-0.4, -0.2) is 33.2 Å². The van der Waals surface area contributed by atoms with Crippen LogP contribution in [0.15, 0.2) is 53.4 Å². The van der Waals surface area contributed by atoms with E-state index in [0.29, 0.717) is 12.1 Å². The second-order valence-electron chi connectivity index (χ2n) is 8.00. The van der Waals surface area contributed by atoms with Crippen LogP contribution in [0, 0.1) is 5.82 Å². The van der Waals surface area contributed by atoms with Gasteiger partial charge in [0.05, 0.1) is 4.90 Å². The normalized spacial score (nSPS) is 15.5. The molecule has 0 bridgehead atoms. The molecule has 2 N–H and O–H groups in total. The monoisotopic (exact) mass is 446 g/mol. The molecule has 2 aromatic rings. The van der Waals surface area contributed by atoms with Crippen molar-refractivity contribution in [1.29, 1.82) is 0 Å². The van der Waals surface area contributed by atoms with Crippen LogP contribution >= 0.6 is 0 Å². The summed E-state index contributed by atoms with van der Waals surface area (Å²) in [7, 11) is -3.82. The van der Waals surface area contributed by atoms with Crippen LogP contribution in [0.1, 0.15) is 54.9 Å². The van der Waals surface area contributed by atoms with Crippen molar-refractivity contribution in [2.24, 2.45) is 0 Å². The van der Waals surface area contributed by atoms with Crippen LogP contribution in [-0.2, 0) is 20.2 Å². The number of benzene rings is 2. The van der Waals surface area contributed by atoms with Gasteiger partial charge in [-0.15, -0.1) is 0 Å². The van der Waals surface area contributed by atoms with Crippen LogP contribution in [0.4, 0.5) is 4.39 Å². The van der Waals surface area contributed by atoms with Gasteiger partial charge in [-0.1, -0.05) is 37.1 Å². The van der Waals surface area contributed by atoms with Crippen molar-refractivity contribution in [3.63, 3.8) is 0 Å². The molecule has 0 unspecified atom stereocenters. The highest BCUT2D eigenvalue weighted by molar-refractivity contribution is 7.89. The van der Waals surface area contributed by atoms with E-state index in [4.69, 9.17) is 0 Å². The summed E-state index contributed by atoms with van der Waals surface area (Å²) in [6.07, 6.45) is 3.92. The van der Waals surface area contributed by atoms with Gasteiger partial charge < -0.3 is 5.32 Å².